The lowest BCUT2D eigenvalue weighted by molar-refractivity contribution is 0.396. The van der Waals surface area contributed by atoms with Crippen LogP contribution in [0.15, 0.2) is 30.3 Å². The topological polar surface area (TPSA) is 53.7 Å². The Morgan fingerprint density at radius 2 is 1.62 bits per heavy atom. The molecule has 2 aromatic carbocycles. The molecule has 4 nitrogen and oxygen atoms in total. The summed E-state index contributed by atoms with van der Waals surface area (Å²) in [4.78, 5) is 0. The summed E-state index contributed by atoms with van der Waals surface area (Å²) in [6.45, 7) is 0.392. The van der Waals surface area contributed by atoms with Crippen LogP contribution in [0.1, 0.15) is 5.56 Å². The van der Waals surface area contributed by atoms with E-state index in [0.29, 0.717) is 23.1 Å². The molecule has 2 aromatic rings. The maximum atomic E-state index is 6.30. The van der Waals surface area contributed by atoms with E-state index < -0.39 is 0 Å². The monoisotopic (exact) mass is 307 g/mol. The number of hydrogen-bond acceptors (Lipinski definition) is 4. The van der Waals surface area contributed by atoms with E-state index >= 15 is 0 Å². The number of benzene rings is 2. The fourth-order valence-corrected chi connectivity index (χ4v) is 2.55. The highest BCUT2D eigenvalue weighted by molar-refractivity contribution is 6.34. The van der Waals surface area contributed by atoms with Crippen LogP contribution >= 0.6 is 11.6 Å². The molecule has 2 rings (SSSR count). The number of rotatable bonds is 5. The predicted molar refractivity (Wildman–Crippen MR) is 84.4 cm³/mol. The molecule has 0 amide bonds. The molecular formula is C16H18ClNO3. The molecule has 0 aliphatic heterocycles. The summed E-state index contributed by atoms with van der Waals surface area (Å²) in [7, 11) is 4.77. The van der Waals surface area contributed by atoms with E-state index in [1.165, 1.54) is 0 Å². The molecule has 0 spiro atoms. The molecule has 5 heteroatoms. The molecule has 0 heterocycles. The van der Waals surface area contributed by atoms with E-state index in [9.17, 15) is 0 Å². The Kier molecular flexibility index (Phi) is 4.94. The Bertz CT molecular complexity index is 644. The van der Waals surface area contributed by atoms with Crippen LogP contribution < -0.4 is 19.9 Å². The molecular weight excluding hydrogens is 290 g/mol. The normalized spacial score (nSPS) is 10.3. The quantitative estimate of drug-likeness (QED) is 0.918. The van der Waals surface area contributed by atoms with Gasteiger partial charge in [0.15, 0.2) is 0 Å². The molecule has 0 unspecified atom stereocenters. The summed E-state index contributed by atoms with van der Waals surface area (Å²) in [6, 6.07) is 9.52. The zero-order valence-electron chi connectivity index (χ0n) is 12.3. The van der Waals surface area contributed by atoms with Crippen LogP contribution in [0, 0.1) is 0 Å². The van der Waals surface area contributed by atoms with E-state index in [4.69, 9.17) is 31.5 Å². The highest BCUT2D eigenvalue weighted by atomic mass is 35.5. The first-order valence-corrected chi connectivity index (χ1v) is 6.81. The summed E-state index contributed by atoms with van der Waals surface area (Å²) in [5.41, 5.74) is 8.51. The van der Waals surface area contributed by atoms with Crippen molar-refractivity contribution in [1.82, 2.24) is 0 Å². The van der Waals surface area contributed by atoms with Crippen molar-refractivity contribution >= 4 is 11.6 Å². The first kappa shape index (κ1) is 15.5. The average molecular weight is 308 g/mol. The van der Waals surface area contributed by atoms with Crippen molar-refractivity contribution in [2.24, 2.45) is 5.73 Å². The van der Waals surface area contributed by atoms with Crippen LogP contribution in [0.25, 0.3) is 11.1 Å². The first-order valence-electron chi connectivity index (χ1n) is 6.44. The van der Waals surface area contributed by atoms with Crippen molar-refractivity contribution in [3.8, 4) is 28.4 Å². The second kappa shape index (κ2) is 6.70. The fraction of sp³-hybridized carbons (Fsp3) is 0.250. The smallest absolute Gasteiger partial charge is 0.149 e. The molecule has 0 aliphatic carbocycles. The van der Waals surface area contributed by atoms with Crippen molar-refractivity contribution < 1.29 is 14.2 Å². The number of nitrogens with two attached hydrogens (primary N) is 1. The third kappa shape index (κ3) is 2.91. The van der Waals surface area contributed by atoms with E-state index in [1.54, 1.807) is 21.3 Å². The summed E-state index contributed by atoms with van der Waals surface area (Å²) in [5, 5.41) is 0.447. The van der Waals surface area contributed by atoms with Crippen LogP contribution in [0.3, 0.4) is 0 Å². The van der Waals surface area contributed by atoms with E-state index in [2.05, 4.69) is 0 Å². The number of hydrogen-bond donors (Lipinski definition) is 1. The van der Waals surface area contributed by atoms with Gasteiger partial charge in [-0.15, -0.1) is 0 Å². The zero-order valence-corrected chi connectivity index (χ0v) is 13.0. The fourth-order valence-electron chi connectivity index (χ4n) is 2.23. The average Bonchev–Trinajstić information content (AvgIpc) is 2.53. The van der Waals surface area contributed by atoms with Crippen LogP contribution in [0.2, 0.25) is 5.02 Å². The molecule has 0 atom stereocenters. The minimum atomic E-state index is 0.392. The maximum Gasteiger partial charge on any atom is 0.149 e. The second-order valence-corrected chi connectivity index (χ2v) is 4.77. The van der Waals surface area contributed by atoms with Gasteiger partial charge in [0.05, 0.1) is 21.3 Å². The van der Waals surface area contributed by atoms with Crippen LogP contribution in [-0.2, 0) is 6.54 Å². The molecule has 0 aromatic heterocycles. The molecule has 0 bridgehead atoms. The van der Waals surface area contributed by atoms with Crippen molar-refractivity contribution in [2.75, 3.05) is 21.3 Å². The molecule has 112 valence electrons. The van der Waals surface area contributed by atoms with Crippen molar-refractivity contribution in [2.45, 2.75) is 6.54 Å². The highest BCUT2D eigenvalue weighted by Crippen LogP contribution is 2.42. The first-order chi connectivity index (χ1) is 10.2. The maximum absolute atomic E-state index is 6.30. The third-order valence-electron chi connectivity index (χ3n) is 3.30. The Morgan fingerprint density at radius 3 is 2.19 bits per heavy atom. The Hall–Kier alpha value is -1.91. The van der Waals surface area contributed by atoms with E-state index in [-0.39, 0.29) is 0 Å². The minimum absolute atomic E-state index is 0.392. The lowest BCUT2D eigenvalue weighted by Gasteiger charge is -2.15. The Labute approximate surface area is 129 Å². The van der Waals surface area contributed by atoms with Gasteiger partial charge in [-0.1, -0.05) is 17.7 Å². The van der Waals surface area contributed by atoms with E-state index in [0.717, 1.165) is 22.4 Å². The SMILES string of the molecule is COc1ccc(-c2ccc(OC)c(Cl)c2OC)cc1CN. The molecule has 0 saturated carbocycles. The molecule has 0 saturated heterocycles. The molecule has 21 heavy (non-hydrogen) atoms. The van der Waals surface area contributed by atoms with Crippen molar-refractivity contribution in [3.05, 3.63) is 40.9 Å². The minimum Gasteiger partial charge on any atom is -0.496 e. The van der Waals surface area contributed by atoms with Crippen molar-refractivity contribution in [3.63, 3.8) is 0 Å². The number of ether oxygens (including phenoxy) is 3. The Balaban J connectivity index is 2.59. The number of halogens is 1. The zero-order chi connectivity index (χ0) is 15.4. The largest absolute Gasteiger partial charge is 0.496 e. The summed E-state index contributed by atoms with van der Waals surface area (Å²) >= 11 is 6.30. The number of methoxy groups -OCH3 is 3. The van der Waals surface area contributed by atoms with Crippen LogP contribution in [0.5, 0.6) is 17.2 Å². The van der Waals surface area contributed by atoms with Gasteiger partial charge in [-0.05, 0) is 29.8 Å². The summed E-state index contributed by atoms with van der Waals surface area (Å²) < 4.78 is 15.9. The van der Waals surface area contributed by atoms with Gasteiger partial charge in [-0.3, -0.25) is 0 Å². The van der Waals surface area contributed by atoms with Gasteiger partial charge >= 0.3 is 0 Å². The van der Waals surface area contributed by atoms with Crippen molar-refractivity contribution in [1.29, 1.82) is 0 Å². The van der Waals surface area contributed by atoms with Gasteiger partial charge in [-0.25, -0.2) is 0 Å². The standard InChI is InChI=1S/C16H18ClNO3/c1-19-13-6-4-10(8-11(13)9-18)12-5-7-14(20-2)15(17)16(12)21-3/h4-8H,9,18H2,1-3H3. The second-order valence-electron chi connectivity index (χ2n) is 4.39. The van der Waals surface area contributed by atoms with Gasteiger partial charge in [0.2, 0.25) is 0 Å². The summed E-state index contributed by atoms with van der Waals surface area (Å²) in [5.74, 6) is 1.91. The van der Waals surface area contributed by atoms with Gasteiger partial charge < -0.3 is 19.9 Å². The van der Waals surface area contributed by atoms with Crippen LogP contribution in [0.4, 0.5) is 0 Å². The summed E-state index contributed by atoms with van der Waals surface area (Å²) in [6.07, 6.45) is 0. The molecule has 0 fully saturated rings. The van der Waals surface area contributed by atoms with E-state index in [1.807, 2.05) is 30.3 Å². The third-order valence-corrected chi connectivity index (χ3v) is 3.65. The predicted octanol–water partition coefficient (Wildman–Crippen LogP) is 3.49. The van der Waals surface area contributed by atoms with Crippen LogP contribution in [-0.4, -0.2) is 21.3 Å². The van der Waals surface area contributed by atoms with Gasteiger partial charge in [0.1, 0.15) is 22.3 Å². The lowest BCUT2D eigenvalue weighted by atomic mass is 10.0. The molecule has 0 aliphatic rings. The molecule has 0 radical (unpaired) electrons. The molecule has 2 N–H and O–H groups in total. The van der Waals surface area contributed by atoms with Gasteiger partial charge in [0.25, 0.3) is 0 Å². The lowest BCUT2D eigenvalue weighted by Crippen LogP contribution is -2.00. The Morgan fingerprint density at radius 1 is 0.952 bits per heavy atom. The highest BCUT2D eigenvalue weighted by Gasteiger charge is 2.15. The van der Waals surface area contributed by atoms with Gasteiger partial charge in [-0.2, -0.15) is 0 Å². The van der Waals surface area contributed by atoms with Gasteiger partial charge in [0, 0.05) is 17.7 Å².